The Balaban J connectivity index is 1.80. The van der Waals surface area contributed by atoms with Gasteiger partial charge < -0.3 is 9.84 Å². The van der Waals surface area contributed by atoms with Crippen molar-refractivity contribution in [3.05, 3.63) is 40.1 Å². The highest BCUT2D eigenvalue weighted by molar-refractivity contribution is 6.42. The molecule has 2 heterocycles. The van der Waals surface area contributed by atoms with Gasteiger partial charge in [-0.3, -0.25) is 14.5 Å². The van der Waals surface area contributed by atoms with Crippen LogP contribution >= 0.6 is 23.2 Å². The van der Waals surface area contributed by atoms with Crippen molar-refractivity contribution in [3.63, 3.8) is 0 Å². The fourth-order valence-corrected chi connectivity index (χ4v) is 3.08. The molecule has 1 atom stereocenters. The normalized spacial score (nSPS) is 17.7. The molecule has 0 bridgehead atoms. The molecular weight excluding hydrogens is 377 g/mol. The molecule has 3 rings (SSSR count). The summed E-state index contributed by atoms with van der Waals surface area (Å²) in [6.45, 7) is 5.96. The van der Waals surface area contributed by atoms with Gasteiger partial charge in [-0.1, -0.05) is 49.1 Å². The number of benzene rings is 1. The molecule has 0 saturated carbocycles. The number of hydrogen-bond donors (Lipinski definition) is 1. The van der Waals surface area contributed by atoms with Crippen molar-refractivity contribution >= 4 is 46.5 Å². The van der Waals surface area contributed by atoms with Gasteiger partial charge in [0.1, 0.15) is 11.8 Å². The SMILES string of the molecule is CC(C)(C)c1cc(NC(=O)[C@@H]2CCC(=O)N2c2ccc(Cl)c(Cl)c2)no1. The van der Waals surface area contributed by atoms with E-state index >= 15 is 0 Å². The Kier molecular flexibility index (Phi) is 4.99. The average Bonchev–Trinajstić information content (AvgIpc) is 3.16. The third-order valence-corrected chi connectivity index (χ3v) is 4.94. The van der Waals surface area contributed by atoms with Gasteiger partial charge in [0.2, 0.25) is 11.8 Å². The maximum absolute atomic E-state index is 12.7. The van der Waals surface area contributed by atoms with Gasteiger partial charge in [-0.15, -0.1) is 0 Å². The van der Waals surface area contributed by atoms with E-state index in [0.717, 1.165) is 0 Å². The van der Waals surface area contributed by atoms with Crippen LogP contribution in [0.15, 0.2) is 28.8 Å². The van der Waals surface area contributed by atoms with Crippen LogP contribution in [-0.2, 0) is 15.0 Å². The lowest BCUT2D eigenvalue weighted by molar-refractivity contribution is -0.120. The van der Waals surface area contributed by atoms with Gasteiger partial charge in [-0.2, -0.15) is 0 Å². The molecule has 1 aliphatic rings. The molecular formula is C18H19Cl2N3O3. The Labute approximate surface area is 161 Å². The second kappa shape index (κ2) is 6.93. The number of rotatable bonds is 3. The summed E-state index contributed by atoms with van der Waals surface area (Å²) in [4.78, 5) is 26.5. The summed E-state index contributed by atoms with van der Waals surface area (Å²) < 4.78 is 5.28. The lowest BCUT2D eigenvalue weighted by Crippen LogP contribution is -2.41. The van der Waals surface area contributed by atoms with Gasteiger partial charge in [0, 0.05) is 23.6 Å². The highest BCUT2D eigenvalue weighted by Gasteiger charge is 2.37. The summed E-state index contributed by atoms with van der Waals surface area (Å²) >= 11 is 12.0. The van der Waals surface area contributed by atoms with Crippen LogP contribution in [0.4, 0.5) is 11.5 Å². The molecule has 1 fully saturated rings. The van der Waals surface area contributed by atoms with Crippen LogP contribution in [0, 0.1) is 0 Å². The summed E-state index contributed by atoms with van der Waals surface area (Å²) in [6.07, 6.45) is 0.694. The zero-order valence-corrected chi connectivity index (χ0v) is 16.2. The summed E-state index contributed by atoms with van der Waals surface area (Å²) in [5.74, 6) is 0.528. The topological polar surface area (TPSA) is 75.4 Å². The predicted molar refractivity (Wildman–Crippen MR) is 101 cm³/mol. The Hall–Kier alpha value is -2.05. The molecule has 1 aromatic carbocycles. The predicted octanol–water partition coefficient (Wildman–Crippen LogP) is 4.41. The first kappa shape index (κ1) is 18.7. The first-order valence-corrected chi connectivity index (χ1v) is 8.97. The fourth-order valence-electron chi connectivity index (χ4n) is 2.79. The number of carbonyl (C=O) groups excluding carboxylic acids is 2. The Bertz CT molecular complexity index is 858. The van der Waals surface area contributed by atoms with E-state index in [1.54, 1.807) is 24.3 Å². The van der Waals surface area contributed by atoms with Crippen molar-refractivity contribution in [2.75, 3.05) is 10.2 Å². The standard InChI is InChI=1S/C18H19Cl2N3O3/c1-18(2,3)14-9-15(22-26-14)21-17(25)13-6-7-16(24)23(13)10-4-5-11(19)12(20)8-10/h4-5,8-9,13H,6-7H2,1-3H3,(H,21,22,25)/t13-/m0/s1. The van der Waals surface area contributed by atoms with Crippen LogP contribution in [0.1, 0.15) is 39.4 Å². The maximum Gasteiger partial charge on any atom is 0.248 e. The van der Waals surface area contributed by atoms with E-state index in [2.05, 4.69) is 10.5 Å². The molecule has 6 nitrogen and oxygen atoms in total. The molecule has 1 aromatic heterocycles. The van der Waals surface area contributed by atoms with Gasteiger partial charge in [-0.25, -0.2) is 0 Å². The molecule has 1 N–H and O–H groups in total. The molecule has 1 aliphatic heterocycles. The Morgan fingerprint density at radius 3 is 2.62 bits per heavy atom. The number of nitrogens with zero attached hydrogens (tertiary/aromatic N) is 2. The number of nitrogens with one attached hydrogen (secondary N) is 1. The molecule has 0 aliphatic carbocycles. The minimum absolute atomic E-state index is 0.140. The molecule has 1 saturated heterocycles. The van der Waals surface area contributed by atoms with E-state index in [1.165, 1.54) is 4.90 Å². The second-order valence-corrected chi connectivity index (χ2v) is 8.05. The number of carbonyl (C=O) groups is 2. The highest BCUT2D eigenvalue weighted by atomic mass is 35.5. The first-order chi connectivity index (χ1) is 12.2. The van der Waals surface area contributed by atoms with Crippen LogP contribution in [0.2, 0.25) is 10.0 Å². The third-order valence-electron chi connectivity index (χ3n) is 4.20. The van der Waals surface area contributed by atoms with Crippen LogP contribution in [0.3, 0.4) is 0 Å². The lowest BCUT2D eigenvalue weighted by atomic mass is 9.93. The van der Waals surface area contributed by atoms with E-state index < -0.39 is 6.04 Å². The number of anilines is 2. The number of hydrogen-bond acceptors (Lipinski definition) is 4. The van der Waals surface area contributed by atoms with Gasteiger partial charge in [0.05, 0.1) is 10.0 Å². The van der Waals surface area contributed by atoms with Crippen LogP contribution in [0.25, 0.3) is 0 Å². The second-order valence-electron chi connectivity index (χ2n) is 7.23. The largest absolute Gasteiger partial charge is 0.359 e. The van der Waals surface area contributed by atoms with Crippen LogP contribution in [0.5, 0.6) is 0 Å². The molecule has 0 radical (unpaired) electrons. The van der Waals surface area contributed by atoms with Crippen molar-refractivity contribution in [1.82, 2.24) is 5.16 Å². The molecule has 2 aromatic rings. The number of aromatic nitrogens is 1. The van der Waals surface area contributed by atoms with Crippen molar-refractivity contribution in [3.8, 4) is 0 Å². The van der Waals surface area contributed by atoms with Crippen LogP contribution < -0.4 is 10.2 Å². The smallest absolute Gasteiger partial charge is 0.248 e. The first-order valence-electron chi connectivity index (χ1n) is 8.22. The molecule has 138 valence electrons. The number of amides is 2. The van der Waals surface area contributed by atoms with Crippen LogP contribution in [-0.4, -0.2) is 23.0 Å². The van der Waals surface area contributed by atoms with E-state index in [9.17, 15) is 9.59 Å². The summed E-state index contributed by atoms with van der Waals surface area (Å²) in [5.41, 5.74) is 0.323. The van der Waals surface area contributed by atoms with E-state index in [4.69, 9.17) is 27.7 Å². The van der Waals surface area contributed by atoms with Crippen molar-refractivity contribution in [2.45, 2.75) is 45.1 Å². The quantitative estimate of drug-likeness (QED) is 0.834. The van der Waals surface area contributed by atoms with Crippen molar-refractivity contribution in [1.29, 1.82) is 0 Å². The Morgan fingerprint density at radius 2 is 2.00 bits per heavy atom. The van der Waals surface area contributed by atoms with Gasteiger partial charge in [0.15, 0.2) is 5.82 Å². The summed E-state index contributed by atoms with van der Waals surface area (Å²) in [6, 6.07) is 5.91. The average molecular weight is 396 g/mol. The molecule has 8 heteroatoms. The van der Waals surface area contributed by atoms with E-state index in [1.807, 2.05) is 20.8 Å². The van der Waals surface area contributed by atoms with Crippen molar-refractivity contribution in [2.24, 2.45) is 0 Å². The Morgan fingerprint density at radius 1 is 1.27 bits per heavy atom. The monoisotopic (exact) mass is 395 g/mol. The molecule has 0 spiro atoms. The third kappa shape index (κ3) is 3.71. The summed E-state index contributed by atoms with van der Waals surface area (Å²) in [7, 11) is 0. The fraction of sp³-hybridized carbons (Fsp3) is 0.389. The lowest BCUT2D eigenvalue weighted by Gasteiger charge is -2.24. The van der Waals surface area contributed by atoms with Gasteiger partial charge in [-0.05, 0) is 24.6 Å². The summed E-state index contributed by atoms with van der Waals surface area (Å²) in [5, 5.41) is 7.33. The zero-order chi connectivity index (χ0) is 19.1. The number of halogens is 2. The van der Waals surface area contributed by atoms with Crippen molar-refractivity contribution < 1.29 is 14.1 Å². The molecule has 2 amide bonds. The van der Waals surface area contributed by atoms with E-state index in [0.29, 0.717) is 33.7 Å². The zero-order valence-electron chi connectivity index (χ0n) is 14.7. The maximum atomic E-state index is 12.7. The molecule has 0 unspecified atom stereocenters. The van der Waals surface area contributed by atoms with Gasteiger partial charge >= 0.3 is 0 Å². The minimum Gasteiger partial charge on any atom is -0.359 e. The highest BCUT2D eigenvalue weighted by Crippen LogP contribution is 2.32. The van der Waals surface area contributed by atoms with E-state index in [-0.39, 0.29) is 23.7 Å². The minimum atomic E-state index is -0.644. The van der Waals surface area contributed by atoms with Gasteiger partial charge in [0.25, 0.3) is 0 Å². The molecule has 26 heavy (non-hydrogen) atoms.